The summed E-state index contributed by atoms with van der Waals surface area (Å²) >= 11 is 0. The van der Waals surface area contributed by atoms with Crippen LogP contribution in [0.2, 0.25) is 0 Å². The van der Waals surface area contributed by atoms with Gasteiger partial charge >= 0.3 is 0 Å². The predicted molar refractivity (Wildman–Crippen MR) is 99.8 cm³/mol. The summed E-state index contributed by atoms with van der Waals surface area (Å²) in [5.74, 6) is 2.54. The van der Waals surface area contributed by atoms with E-state index in [1.807, 2.05) is 6.07 Å². The number of rotatable bonds is 4. The van der Waals surface area contributed by atoms with Crippen LogP contribution in [0.3, 0.4) is 0 Å². The summed E-state index contributed by atoms with van der Waals surface area (Å²) < 4.78 is 12.3. The van der Waals surface area contributed by atoms with Gasteiger partial charge in [-0.1, -0.05) is 20.8 Å². The molecule has 1 N–H and O–H groups in total. The van der Waals surface area contributed by atoms with E-state index in [9.17, 15) is 0 Å². The van der Waals surface area contributed by atoms with Crippen LogP contribution in [0, 0.1) is 5.92 Å². The Balaban J connectivity index is 1.67. The van der Waals surface area contributed by atoms with Gasteiger partial charge in [0.2, 0.25) is 0 Å². The molecular formula is C21H31NO2. The molecule has 3 rings (SSSR count). The van der Waals surface area contributed by atoms with Crippen LogP contribution < -0.4 is 10.1 Å². The number of nitrogens with one attached hydrogen (secondary N) is 1. The Bertz CT molecular complexity index is 703. The molecule has 0 bridgehead atoms. The third-order valence-electron chi connectivity index (χ3n) is 4.76. The molecule has 2 aromatic rings. The molecule has 1 fully saturated rings. The lowest BCUT2D eigenvalue weighted by molar-refractivity contribution is 0.0433. The molecule has 132 valence electrons. The number of furan rings is 1. The van der Waals surface area contributed by atoms with Crippen molar-refractivity contribution in [3.05, 3.63) is 30.0 Å². The molecule has 1 aromatic heterocycles. The lowest BCUT2D eigenvalue weighted by atomic mass is 9.81. The summed E-state index contributed by atoms with van der Waals surface area (Å²) in [5.41, 5.74) is 1.11. The van der Waals surface area contributed by atoms with E-state index in [1.165, 1.54) is 6.42 Å². The average molecular weight is 329 g/mol. The Labute approximate surface area is 145 Å². The average Bonchev–Trinajstić information content (AvgIpc) is 2.85. The fourth-order valence-corrected chi connectivity index (χ4v) is 2.99. The van der Waals surface area contributed by atoms with Gasteiger partial charge in [0.15, 0.2) is 0 Å². The monoisotopic (exact) mass is 329 g/mol. The first-order valence-corrected chi connectivity index (χ1v) is 9.08. The second-order valence-electron chi connectivity index (χ2n) is 9.18. The van der Waals surface area contributed by atoms with Gasteiger partial charge in [0.25, 0.3) is 0 Å². The zero-order valence-corrected chi connectivity index (χ0v) is 15.9. The Hall–Kier alpha value is -1.48. The van der Waals surface area contributed by atoms with Crippen molar-refractivity contribution in [3.8, 4) is 5.75 Å². The molecule has 1 saturated carbocycles. The molecule has 0 amide bonds. The summed E-state index contributed by atoms with van der Waals surface area (Å²) in [7, 11) is 0. The highest BCUT2D eigenvalue weighted by Crippen LogP contribution is 2.34. The van der Waals surface area contributed by atoms with Gasteiger partial charge < -0.3 is 14.5 Å². The molecule has 1 aromatic carbocycles. The molecule has 1 aliphatic rings. The van der Waals surface area contributed by atoms with Crippen molar-refractivity contribution in [2.24, 2.45) is 5.92 Å². The van der Waals surface area contributed by atoms with E-state index >= 15 is 0 Å². The maximum atomic E-state index is 6.23. The van der Waals surface area contributed by atoms with Gasteiger partial charge in [-0.2, -0.15) is 0 Å². The number of benzene rings is 1. The molecule has 0 radical (unpaired) electrons. The van der Waals surface area contributed by atoms with Crippen LogP contribution in [0.1, 0.15) is 60.1 Å². The van der Waals surface area contributed by atoms with Crippen LogP contribution in [-0.4, -0.2) is 18.2 Å². The molecule has 1 aliphatic carbocycles. The molecule has 1 heterocycles. The van der Waals surface area contributed by atoms with Crippen LogP contribution >= 0.6 is 0 Å². The van der Waals surface area contributed by atoms with E-state index in [-0.39, 0.29) is 11.0 Å². The van der Waals surface area contributed by atoms with Gasteiger partial charge in [0.05, 0.1) is 0 Å². The van der Waals surface area contributed by atoms with Crippen molar-refractivity contribution in [1.29, 1.82) is 0 Å². The SMILES string of the molecule is CC(C)(C)NCC1CC[C@@H]1Oc1ccc2cc(C(C)(C)C)oc2c1. The molecule has 0 spiro atoms. The Morgan fingerprint density at radius 3 is 2.42 bits per heavy atom. The first-order chi connectivity index (χ1) is 11.1. The number of hydrogen-bond acceptors (Lipinski definition) is 3. The van der Waals surface area contributed by atoms with E-state index in [1.54, 1.807) is 0 Å². The standard InChI is InChI=1S/C21H31NO2/c1-20(2,3)19-11-14-7-9-16(12-18(14)24-19)23-17-10-8-15(17)13-22-21(4,5)6/h7,9,11-12,15,17,22H,8,10,13H2,1-6H3/t15?,17-/m0/s1. The fourth-order valence-electron chi connectivity index (χ4n) is 2.99. The summed E-state index contributed by atoms with van der Waals surface area (Å²) in [6.07, 6.45) is 2.69. The molecule has 24 heavy (non-hydrogen) atoms. The van der Waals surface area contributed by atoms with E-state index in [4.69, 9.17) is 9.15 Å². The molecule has 1 unspecified atom stereocenters. The largest absolute Gasteiger partial charge is 0.490 e. The van der Waals surface area contributed by atoms with Gasteiger partial charge in [-0.3, -0.25) is 0 Å². The van der Waals surface area contributed by atoms with Crippen LogP contribution in [-0.2, 0) is 5.41 Å². The zero-order valence-electron chi connectivity index (χ0n) is 15.9. The van der Waals surface area contributed by atoms with Crippen molar-refractivity contribution < 1.29 is 9.15 Å². The van der Waals surface area contributed by atoms with Crippen LogP contribution in [0.4, 0.5) is 0 Å². The lowest BCUT2D eigenvalue weighted by Gasteiger charge is -2.38. The van der Waals surface area contributed by atoms with Crippen molar-refractivity contribution in [2.45, 2.75) is 71.4 Å². The van der Waals surface area contributed by atoms with Crippen molar-refractivity contribution in [3.63, 3.8) is 0 Å². The maximum absolute atomic E-state index is 6.23. The lowest BCUT2D eigenvalue weighted by Crippen LogP contribution is -2.47. The van der Waals surface area contributed by atoms with Crippen molar-refractivity contribution >= 4 is 11.0 Å². The van der Waals surface area contributed by atoms with Crippen molar-refractivity contribution in [2.75, 3.05) is 6.54 Å². The molecule has 3 nitrogen and oxygen atoms in total. The minimum Gasteiger partial charge on any atom is -0.490 e. The summed E-state index contributed by atoms with van der Waals surface area (Å²) in [6, 6.07) is 8.34. The highest BCUT2D eigenvalue weighted by molar-refractivity contribution is 5.79. The number of fused-ring (bicyclic) bond motifs is 1. The van der Waals surface area contributed by atoms with E-state index < -0.39 is 0 Å². The Morgan fingerprint density at radius 1 is 1.08 bits per heavy atom. The van der Waals surface area contributed by atoms with E-state index in [2.05, 4.69) is 65.1 Å². The second kappa shape index (κ2) is 6.11. The van der Waals surface area contributed by atoms with Gasteiger partial charge in [-0.25, -0.2) is 0 Å². The van der Waals surface area contributed by atoms with Gasteiger partial charge in [-0.15, -0.1) is 0 Å². The normalized spacial score (nSPS) is 21.8. The molecule has 0 saturated heterocycles. The molecule has 2 atom stereocenters. The van der Waals surface area contributed by atoms with Crippen LogP contribution in [0.15, 0.2) is 28.7 Å². The zero-order chi connectivity index (χ0) is 17.5. The minimum absolute atomic E-state index is 0.0255. The summed E-state index contributed by atoms with van der Waals surface area (Å²) in [4.78, 5) is 0. The molecule has 0 aliphatic heterocycles. The van der Waals surface area contributed by atoms with E-state index in [0.717, 1.165) is 35.4 Å². The number of ether oxygens (including phenoxy) is 1. The minimum atomic E-state index is 0.0255. The maximum Gasteiger partial charge on any atom is 0.137 e. The smallest absolute Gasteiger partial charge is 0.137 e. The van der Waals surface area contributed by atoms with Crippen LogP contribution in [0.25, 0.3) is 11.0 Å². The van der Waals surface area contributed by atoms with E-state index in [0.29, 0.717) is 12.0 Å². The Morgan fingerprint density at radius 2 is 1.83 bits per heavy atom. The predicted octanol–water partition coefficient (Wildman–Crippen LogP) is 5.28. The third kappa shape index (κ3) is 3.94. The van der Waals surface area contributed by atoms with Gasteiger partial charge in [-0.05, 0) is 51.8 Å². The topological polar surface area (TPSA) is 34.4 Å². The number of hydrogen-bond donors (Lipinski definition) is 1. The summed E-state index contributed by atoms with van der Waals surface area (Å²) in [6.45, 7) is 14.2. The Kier molecular flexibility index (Phi) is 4.41. The van der Waals surface area contributed by atoms with Gasteiger partial charge in [0.1, 0.15) is 23.2 Å². The van der Waals surface area contributed by atoms with Crippen LogP contribution in [0.5, 0.6) is 5.75 Å². The van der Waals surface area contributed by atoms with Crippen molar-refractivity contribution in [1.82, 2.24) is 5.32 Å². The quantitative estimate of drug-likeness (QED) is 0.829. The van der Waals surface area contributed by atoms with Gasteiger partial charge in [0, 0.05) is 34.9 Å². The first kappa shape index (κ1) is 17.3. The third-order valence-corrected chi connectivity index (χ3v) is 4.76. The molecule has 3 heteroatoms. The summed E-state index contributed by atoms with van der Waals surface area (Å²) in [5, 5.41) is 4.74. The second-order valence-corrected chi connectivity index (χ2v) is 9.18. The highest BCUT2D eigenvalue weighted by atomic mass is 16.5. The highest BCUT2D eigenvalue weighted by Gasteiger charge is 2.33. The first-order valence-electron chi connectivity index (χ1n) is 9.08. The molecular weight excluding hydrogens is 298 g/mol. The fraction of sp³-hybridized carbons (Fsp3) is 0.619.